The van der Waals surface area contributed by atoms with Crippen molar-refractivity contribution in [3.63, 3.8) is 0 Å². The molecule has 0 saturated heterocycles. The van der Waals surface area contributed by atoms with Crippen LogP contribution in [0.1, 0.15) is 33.6 Å². The van der Waals surface area contributed by atoms with Crippen LogP contribution in [0.4, 0.5) is 0 Å². The summed E-state index contributed by atoms with van der Waals surface area (Å²) in [6, 6.07) is 0. The number of esters is 1. The van der Waals surface area contributed by atoms with Gasteiger partial charge in [0.1, 0.15) is 5.60 Å². The van der Waals surface area contributed by atoms with Gasteiger partial charge in [-0.25, -0.2) is 4.79 Å². The van der Waals surface area contributed by atoms with Gasteiger partial charge in [0, 0.05) is 11.5 Å². The molecule has 2 N–H and O–H groups in total. The number of hydrogen-bond acceptors (Lipinski definition) is 4. The van der Waals surface area contributed by atoms with E-state index < -0.39 is 23.1 Å². The molecule has 0 spiro atoms. The third-order valence-electron chi connectivity index (χ3n) is 4.21. The van der Waals surface area contributed by atoms with Gasteiger partial charge in [0.05, 0.1) is 13.2 Å². The van der Waals surface area contributed by atoms with Gasteiger partial charge in [-0.15, -0.1) is 0 Å². The molecule has 0 aromatic carbocycles. The maximum absolute atomic E-state index is 11.1. The maximum Gasteiger partial charge on any atom is 0.330 e. The number of allylic oxidation sites excluding steroid dienone is 2. The summed E-state index contributed by atoms with van der Waals surface area (Å²) in [4.78, 5) is 11.1. The monoisotopic (exact) mass is 280 g/mol. The summed E-state index contributed by atoms with van der Waals surface area (Å²) >= 11 is 0. The average molecular weight is 280 g/mol. The summed E-state index contributed by atoms with van der Waals surface area (Å²) in [5.41, 5.74) is -0.691. The fraction of sp³-hybridized carbons (Fsp3) is 0.562. The van der Waals surface area contributed by atoms with Crippen molar-refractivity contribution in [3.8, 4) is 0 Å². The highest BCUT2D eigenvalue weighted by Crippen LogP contribution is 2.47. The number of aliphatic hydroxyl groups is 2. The molecule has 0 bridgehead atoms. The second-order valence-electron chi connectivity index (χ2n) is 5.89. The van der Waals surface area contributed by atoms with Crippen molar-refractivity contribution in [2.45, 2.75) is 45.3 Å². The summed E-state index contributed by atoms with van der Waals surface area (Å²) in [7, 11) is 1.31. The van der Waals surface area contributed by atoms with Crippen LogP contribution in [0, 0.1) is 5.41 Å². The van der Waals surface area contributed by atoms with Crippen molar-refractivity contribution in [1.29, 1.82) is 0 Å². The molecule has 4 nitrogen and oxygen atoms in total. The summed E-state index contributed by atoms with van der Waals surface area (Å²) < 4.78 is 4.55. The molecule has 0 aromatic rings. The summed E-state index contributed by atoms with van der Waals surface area (Å²) in [6.07, 6.45) is 5.17. The first-order valence-electron chi connectivity index (χ1n) is 6.69. The molecule has 1 fully saturated rings. The lowest BCUT2D eigenvalue weighted by Crippen LogP contribution is -2.54. The van der Waals surface area contributed by atoms with Gasteiger partial charge >= 0.3 is 5.97 Å². The smallest absolute Gasteiger partial charge is 0.330 e. The molecule has 0 amide bonds. The quantitative estimate of drug-likeness (QED) is 0.360. The predicted octanol–water partition coefficient (Wildman–Crippen LogP) is 2.13. The van der Waals surface area contributed by atoms with Gasteiger partial charge in [-0.05, 0) is 37.0 Å². The molecule has 4 heteroatoms. The molecule has 1 rings (SSSR count). The van der Waals surface area contributed by atoms with E-state index in [9.17, 15) is 15.0 Å². The summed E-state index contributed by atoms with van der Waals surface area (Å²) in [5, 5.41) is 21.0. The molecule has 20 heavy (non-hydrogen) atoms. The van der Waals surface area contributed by atoms with Crippen LogP contribution in [-0.2, 0) is 9.53 Å². The first kappa shape index (κ1) is 16.7. The van der Waals surface area contributed by atoms with Crippen molar-refractivity contribution in [2.75, 3.05) is 7.11 Å². The third kappa shape index (κ3) is 3.02. The van der Waals surface area contributed by atoms with Crippen LogP contribution < -0.4 is 0 Å². The summed E-state index contributed by atoms with van der Waals surface area (Å²) in [6.45, 7) is 9.29. The fourth-order valence-corrected chi connectivity index (χ4v) is 2.45. The van der Waals surface area contributed by atoms with Crippen LogP contribution in [0.5, 0.6) is 0 Å². The van der Waals surface area contributed by atoms with Crippen molar-refractivity contribution in [2.24, 2.45) is 5.41 Å². The van der Waals surface area contributed by atoms with E-state index in [0.29, 0.717) is 24.0 Å². The van der Waals surface area contributed by atoms with Gasteiger partial charge in [0.25, 0.3) is 0 Å². The minimum atomic E-state index is -1.30. The van der Waals surface area contributed by atoms with E-state index in [-0.39, 0.29) is 0 Å². The highest BCUT2D eigenvalue weighted by molar-refractivity contribution is 5.83. The number of aliphatic hydroxyl groups excluding tert-OH is 1. The average Bonchev–Trinajstić information content (AvgIpc) is 2.39. The molecular weight excluding hydrogens is 256 g/mol. The largest absolute Gasteiger partial charge is 0.466 e. The number of carbonyl (C=O) groups excluding carboxylic acids is 1. The van der Waals surface area contributed by atoms with Crippen molar-refractivity contribution in [3.05, 3.63) is 36.0 Å². The van der Waals surface area contributed by atoms with Gasteiger partial charge in [0.15, 0.2) is 0 Å². The lowest BCUT2D eigenvalue weighted by molar-refractivity contribution is -0.134. The molecule has 1 saturated carbocycles. The van der Waals surface area contributed by atoms with E-state index in [1.165, 1.54) is 13.2 Å². The Labute approximate surface area is 120 Å². The van der Waals surface area contributed by atoms with E-state index in [2.05, 4.69) is 11.3 Å². The lowest BCUT2D eigenvalue weighted by Gasteiger charge is -2.49. The Morgan fingerprint density at radius 3 is 2.65 bits per heavy atom. The standard InChI is InChI=1S/C16H24O4/c1-11(10-14(18)20-5)8-9-16(19)12(2)6-7-13(17)15(16,3)4/h8-10,13,17,19H,2,6-7H2,1,3-5H3. The molecule has 1 aliphatic rings. The zero-order valence-electron chi connectivity index (χ0n) is 12.6. The Hall–Kier alpha value is -1.39. The fourth-order valence-electron chi connectivity index (χ4n) is 2.45. The molecule has 2 unspecified atom stereocenters. The first-order valence-corrected chi connectivity index (χ1v) is 6.69. The Balaban J connectivity index is 3.05. The van der Waals surface area contributed by atoms with E-state index in [1.807, 2.05) is 13.8 Å². The molecule has 0 heterocycles. The van der Waals surface area contributed by atoms with E-state index in [0.717, 1.165) is 0 Å². The van der Waals surface area contributed by atoms with Gasteiger partial charge in [-0.2, -0.15) is 0 Å². The number of methoxy groups -OCH3 is 1. The van der Waals surface area contributed by atoms with Crippen LogP contribution >= 0.6 is 0 Å². The number of rotatable bonds is 3. The van der Waals surface area contributed by atoms with Crippen LogP contribution in [0.3, 0.4) is 0 Å². The molecule has 2 atom stereocenters. The Kier molecular flexibility index (Phi) is 4.95. The minimum absolute atomic E-state index is 0.444. The number of carbonyl (C=O) groups is 1. The maximum atomic E-state index is 11.1. The Morgan fingerprint density at radius 2 is 2.10 bits per heavy atom. The van der Waals surface area contributed by atoms with Gasteiger partial charge < -0.3 is 14.9 Å². The van der Waals surface area contributed by atoms with Crippen LogP contribution in [0.15, 0.2) is 36.0 Å². The minimum Gasteiger partial charge on any atom is -0.466 e. The molecular formula is C16H24O4. The highest BCUT2D eigenvalue weighted by Gasteiger charge is 2.50. The Morgan fingerprint density at radius 1 is 1.50 bits per heavy atom. The van der Waals surface area contributed by atoms with E-state index in [4.69, 9.17) is 0 Å². The zero-order chi connectivity index (χ0) is 15.6. The third-order valence-corrected chi connectivity index (χ3v) is 4.21. The van der Waals surface area contributed by atoms with Gasteiger partial charge in [0.2, 0.25) is 0 Å². The topological polar surface area (TPSA) is 66.8 Å². The van der Waals surface area contributed by atoms with E-state index >= 15 is 0 Å². The molecule has 0 radical (unpaired) electrons. The first-order chi connectivity index (χ1) is 9.15. The molecule has 0 aliphatic heterocycles. The zero-order valence-corrected chi connectivity index (χ0v) is 12.6. The van der Waals surface area contributed by atoms with Crippen molar-refractivity contribution in [1.82, 2.24) is 0 Å². The highest BCUT2D eigenvalue weighted by atomic mass is 16.5. The number of ether oxygens (including phenoxy) is 1. The lowest BCUT2D eigenvalue weighted by atomic mass is 9.61. The normalized spacial score (nSPS) is 30.6. The predicted molar refractivity (Wildman–Crippen MR) is 78.0 cm³/mol. The molecule has 112 valence electrons. The van der Waals surface area contributed by atoms with E-state index in [1.54, 1.807) is 19.1 Å². The van der Waals surface area contributed by atoms with Gasteiger partial charge in [-0.1, -0.05) is 26.5 Å². The SMILES string of the molecule is C=C1CCC(O)C(C)(C)C1(O)C=CC(C)=CC(=O)OC. The van der Waals surface area contributed by atoms with Crippen LogP contribution in [0.25, 0.3) is 0 Å². The Bertz CT molecular complexity index is 459. The van der Waals surface area contributed by atoms with Crippen LogP contribution in [0.2, 0.25) is 0 Å². The molecule has 1 aliphatic carbocycles. The molecule has 0 aromatic heterocycles. The summed E-state index contributed by atoms with van der Waals surface area (Å²) in [5.74, 6) is -0.444. The number of hydrogen-bond donors (Lipinski definition) is 2. The second kappa shape index (κ2) is 5.94. The van der Waals surface area contributed by atoms with Crippen LogP contribution in [-0.4, -0.2) is 35.0 Å². The van der Waals surface area contributed by atoms with Gasteiger partial charge in [-0.3, -0.25) is 0 Å². The van der Waals surface area contributed by atoms with Crippen molar-refractivity contribution >= 4 is 5.97 Å². The van der Waals surface area contributed by atoms with Crippen molar-refractivity contribution < 1.29 is 19.7 Å². The second-order valence-corrected chi connectivity index (χ2v) is 5.89.